The number of nitriles is 1. The van der Waals surface area contributed by atoms with Crippen molar-refractivity contribution in [2.24, 2.45) is 0 Å². The van der Waals surface area contributed by atoms with Crippen LogP contribution in [0.25, 0.3) is 11.1 Å². The van der Waals surface area contributed by atoms with Crippen molar-refractivity contribution >= 4 is 23.7 Å². The highest BCUT2D eigenvalue weighted by molar-refractivity contribution is 5.83. The van der Waals surface area contributed by atoms with Gasteiger partial charge in [-0.15, -0.1) is 0 Å². The number of carbonyl (C=O) groups is 1. The van der Waals surface area contributed by atoms with Gasteiger partial charge in [0.05, 0.1) is 19.4 Å². The first-order chi connectivity index (χ1) is 20.0. The minimum absolute atomic E-state index is 0.126. The Bertz CT molecular complexity index is 1360. The Balaban J connectivity index is 1.09. The summed E-state index contributed by atoms with van der Waals surface area (Å²) in [5.41, 5.74) is 2.01. The number of hydrogen-bond donors (Lipinski definition) is 3. The van der Waals surface area contributed by atoms with Crippen LogP contribution < -0.4 is 20.3 Å². The van der Waals surface area contributed by atoms with E-state index in [1.54, 1.807) is 30.9 Å². The van der Waals surface area contributed by atoms with Crippen molar-refractivity contribution in [2.75, 3.05) is 35.7 Å². The van der Waals surface area contributed by atoms with Gasteiger partial charge in [0, 0.05) is 48.8 Å². The Hall–Kier alpha value is -4.57. The molecule has 0 radical (unpaired) electrons. The summed E-state index contributed by atoms with van der Waals surface area (Å²) in [5, 5.41) is 25.6. The molecule has 0 bridgehead atoms. The number of rotatable bonds is 7. The van der Waals surface area contributed by atoms with Crippen molar-refractivity contribution in [3.05, 3.63) is 42.5 Å². The van der Waals surface area contributed by atoms with Gasteiger partial charge in [-0.1, -0.05) is 0 Å². The number of ether oxygens (including phenoxy) is 2. The fraction of sp³-hybridized carbons (Fsp3) is 0.464. The van der Waals surface area contributed by atoms with Crippen LogP contribution in [0.1, 0.15) is 50.5 Å². The fourth-order valence-corrected chi connectivity index (χ4v) is 5.06. The van der Waals surface area contributed by atoms with Crippen molar-refractivity contribution in [1.82, 2.24) is 24.9 Å². The second-order valence-corrected chi connectivity index (χ2v) is 10.2. The zero-order valence-electron chi connectivity index (χ0n) is 22.9. The molecule has 1 amide bonds. The molecule has 1 aliphatic carbocycles. The van der Waals surface area contributed by atoms with Crippen LogP contribution in [-0.2, 0) is 4.74 Å². The van der Waals surface area contributed by atoms with E-state index in [-0.39, 0.29) is 24.3 Å². The molecule has 2 aliphatic rings. The number of aliphatic hydroxyl groups excluding tert-OH is 1. The summed E-state index contributed by atoms with van der Waals surface area (Å²) in [6.45, 7) is 1.39. The molecule has 1 saturated carbocycles. The van der Waals surface area contributed by atoms with Crippen LogP contribution in [0.15, 0.2) is 36.9 Å². The lowest BCUT2D eigenvalue weighted by molar-refractivity contribution is 0.0840. The van der Waals surface area contributed by atoms with E-state index in [1.807, 2.05) is 6.07 Å². The maximum atomic E-state index is 12.5. The number of carbonyl (C=O) groups excluding carboxylic acids is 1. The summed E-state index contributed by atoms with van der Waals surface area (Å²) >= 11 is 0. The first-order valence-corrected chi connectivity index (χ1v) is 13.8. The zero-order chi connectivity index (χ0) is 28.6. The van der Waals surface area contributed by atoms with E-state index in [0.717, 1.165) is 43.4 Å². The first-order valence-electron chi connectivity index (χ1n) is 13.8. The number of aliphatic hydroxyl groups is 1. The predicted octanol–water partition coefficient (Wildman–Crippen LogP) is 3.53. The highest BCUT2D eigenvalue weighted by atomic mass is 16.6. The molecule has 1 unspecified atom stereocenters. The van der Waals surface area contributed by atoms with Crippen LogP contribution in [0, 0.1) is 11.3 Å². The monoisotopic (exact) mass is 559 g/mol. The summed E-state index contributed by atoms with van der Waals surface area (Å²) in [6.07, 6.45) is 10.6. The molecule has 13 nitrogen and oxygen atoms in total. The molecule has 1 saturated heterocycles. The van der Waals surface area contributed by atoms with Gasteiger partial charge in [-0.3, -0.25) is 5.32 Å². The molecule has 3 aromatic rings. The van der Waals surface area contributed by atoms with Gasteiger partial charge in [-0.2, -0.15) is 10.2 Å². The van der Waals surface area contributed by atoms with E-state index < -0.39 is 6.09 Å². The molecule has 4 heterocycles. The largest absolute Gasteiger partial charge is 0.467 e. The first kappa shape index (κ1) is 28.0. The standard InChI is InChI=1S/C28H33N9O4/c1-40-27-32-16-20(17-33-27)18-4-9-24(30-14-18)35-28(39)41-23-7-5-21(6-8-23)34-26-31-15-19(13-29)25(36-26)37-11-2-3-22(38)10-12-37/h4,9,14-17,21-23,38H,2-3,5-8,10-12H2,1H3,(H,30,35,39)(H,31,34,36). The van der Waals surface area contributed by atoms with Gasteiger partial charge >= 0.3 is 12.1 Å². The van der Waals surface area contributed by atoms with Crippen molar-refractivity contribution in [1.29, 1.82) is 5.26 Å². The van der Waals surface area contributed by atoms with Crippen molar-refractivity contribution < 1.29 is 19.4 Å². The average molecular weight is 560 g/mol. The Kier molecular flexibility index (Phi) is 9.00. The van der Waals surface area contributed by atoms with E-state index in [1.165, 1.54) is 7.11 Å². The molecule has 2 fully saturated rings. The molecule has 214 valence electrons. The normalized spacial score (nSPS) is 20.8. The van der Waals surface area contributed by atoms with Crippen LogP contribution in [0.3, 0.4) is 0 Å². The van der Waals surface area contributed by atoms with E-state index in [9.17, 15) is 15.2 Å². The Morgan fingerprint density at radius 2 is 1.78 bits per heavy atom. The third-order valence-electron chi connectivity index (χ3n) is 7.31. The minimum atomic E-state index is -0.544. The van der Waals surface area contributed by atoms with Crippen LogP contribution >= 0.6 is 0 Å². The second-order valence-electron chi connectivity index (χ2n) is 10.2. The van der Waals surface area contributed by atoms with E-state index in [2.05, 4.69) is 46.5 Å². The maximum Gasteiger partial charge on any atom is 0.413 e. The van der Waals surface area contributed by atoms with E-state index >= 15 is 0 Å². The summed E-state index contributed by atoms with van der Waals surface area (Å²) < 4.78 is 10.6. The number of pyridine rings is 1. The Morgan fingerprint density at radius 1 is 1.00 bits per heavy atom. The number of methoxy groups -OCH3 is 1. The van der Waals surface area contributed by atoms with Crippen LogP contribution in [0.5, 0.6) is 6.01 Å². The number of hydrogen-bond acceptors (Lipinski definition) is 12. The lowest BCUT2D eigenvalue weighted by Crippen LogP contribution is -2.33. The lowest BCUT2D eigenvalue weighted by atomic mass is 9.93. The van der Waals surface area contributed by atoms with E-state index in [4.69, 9.17) is 9.47 Å². The molecule has 1 aliphatic heterocycles. The summed E-state index contributed by atoms with van der Waals surface area (Å²) in [5.74, 6) is 1.46. The van der Waals surface area contributed by atoms with Crippen molar-refractivity contribution in [3.8, 4) is 23.2 Å². The summed E-state index contributed by atoms with van der Waals surface area (Å²) in [4.78, 5) is 36.0. The minimum Gasteiger partial charge on any atom is -0.467 e. The number of nitrogens with zero attached hydrogens (tertiary/aromatic N) is 7. The average Bonchev–Trinajstić information content (AvgIpc) is 3.22. The van der Waals surface area contributed by atoms with Crippen LogP contribution in [0.4, 0.5) is 22.4 Å². The number of anilines is 3. The number of amides is 1. The molecule has 0 spiro atoms. The van der Waals surface area contributed by atoms with Gasteiger partial charge < -0.3 is 24.8 Å². The third-order valence-corrected chi connectivity index (χ3v) is 7.31. The second kappa shape index (κ2) is 13.2. The lowest BCUT2D eigenvalue weighted by Gasteiger charge is -2.29. The third kappa shape index (κ3) is 7.34. The topological polar surface area (TPSA) is 171 Å². The molecule has 0 aromatic carbocycles. The van der Waals surface area contributed by atoms with Gasteiger partial charge in [-0.05, 0) is 57.1 Å². The van der Waals surface area contributed by atoms with Gasteiger partial charge in [0.1, 0.15) is 23.6 Å². The number of aromatic nitrogens is 5. The van der Waals surface area contributed by atoms with Gasteiger partial charge in [0.25, 0.3) is 0 Å². The van der Waals surface area contributed by atoms with Gasteiger partial charge in [0.15, 0.2) is 5.82 Å². The molecule has 3 aromatic heterocycles. The Labute approximate surface area is 238 Å². The maximum absolute atomic E-state index is 12.5. The predicted molar refractivity (Wildman–Crippen MR) is 150 cm³/mol. The number of nitrogens with one attached hydrogen (secondary N) is 2. The summed E-state index contributed by atoms with van der Waals surface area (Å²) in [7, 11) is 1.51. The van der Waals surface area contributed by atoms with Crippen molar-refractivity contribution in [2.45, 2.75) is 63.2 Å². The molecule has 41 heavy (non-hydrogen) atoms. The summed E-state index contributed by atoms with van der Waals surface area (Å²) in [6, 6.07) is 6.11. The zero-order valence-corrected chi connectivity index (χ0v) is 22.9. The van der Waals surface area contributed by atoms with E-state index in [0.29, 0.717) is 49.0 Å². The van der Waals surface area contributed by atoms with Crippen molar-refractivity contribution in [3.63, 3.8) is 0 Å². The molecular formula is C28H33N9O4. The van der Waals surface area contributed by atoms with Gasteiger partial charge in [0.2, 0.25) is 5.95 Å². The molecule has 3 N–H and O–H groups in total. The SMILES string of the molecule is COc1ncc(-c2ccc(NC(=O)OC3CCC(Nc4ncc(C#N)c(N5CCCC(O)CC5)n4)CC3)nc2)cn1. The fourth-order valence-electron chi connectivity index (χ4n) is 5.06. The smallest absolute Gasteiger partial charge is 0.413 e. The molecule has 1 atom stereocenters. The highest BCUT2D eigenvalue weighted by Crippen LogP contribution is 2.26. The Morgan fingerprint density at radius 3 is 2.49 bits per heavy atom. The quantitative estimate of drug-likeness (QED) is 0.385. The molecule has 5 rings (SSSR count). The molecule has 13 heteroatoms. The highest BCUT2D eigenvalue weighted by Gasteiger charge is 2.26. The van der Waals surface area contributed by atoms with Gasteiger partial charge in [-0.25, -0.2) is 24.7 Å². The van der Waals surface area contributed by atoms with Crippen LogP contribution in [-0.4, -0.2) is 74.6 Å². The molecular weight excluding hydrogens is 526 g/mol. The van der Waals surface area contributed by atoms with Crippen LogP contribution in [0.2, 0.25) is 0 Å².